The van der Waals surface area contributed by atoms with Gasteiger partial charge in [-0.2, -0.15) is 0 Å². The number of anilines is 1. The first-order valence-corrected chi connectivity index (χ1v) is 8.88. The van der Waals surface area contributed by atoms with E-state index in [1.165, 1.54) is 4.88 Å². The van der Waals surface area contributed by atoms with E-state index >= 15 is 0 Å². The summed E-state index contributed by atoms with van der Waals surface area (Å²) in [6.07, 6.45) is 2.53. The molecule has 1 amide bonds. The number of carbonyl (C=O) groups excluding carboxylic acids is 1. The fourth-order valence-corrected chi connectivity index (χ4v) is 3.79. The van der Waals surface area contributed by atoms with Crippen LogP contribution in [0.4, 0.5) is 5.82 Å². The Kier molecular flexibility index (Phi) is 4.94. The van der Waals surface area contributed by atoms with Crippen molar-refractivity contribution in [3.63, 3.8) is 0 Å². The predicted molar refractivity (Wildman–Crippen MR) is 92.5 cm³/mol. The van der Waals surface area contributed by atoms with E-state index in [1.807, 2.05) is 0 Å². The van der Waals surface area contributed by atoms with Crippen LogP contribution in [0.25, 0.3) is 10.2 Å². The average molecular weight is 348 g/mol. The van der Waals surface area contributed by atoms with Crippen LogP contribution in [-0.2, 0) is 16.0 Å². The van der Waals surface area contributed by atoms with Crippen LogP contribution < -0.4 is 4.90 Å². The van der Waals surface area contributed by atoms with Gasteiger partial charge in [0.2, 0.25) is 5.91 Å². The summed E-state index contributed by atoms with van der Waals surface area (Å²) in [6, 6.07) is 2.15. The fraction of sp³-hybridized carbons (Fsp3) is 0.500. The van der Waals surface area contributed by atoms with Crippen molar-refractivity contribution in [3.05, 3.63) is 17.3 Å². The van der Waals surface area contributed by atoms with Crippen molar-refractivity contribution >= 4 is 39.2 Å². The van der Waals surface area contributed by atoms with Gasteiger partial charge in [0.1, 0.15) is 17.0 Å². The Hall–Kier alpha value is -2.22. The molecule has 7 nitrogen and oxygen atoms in total. The molecule has 2 aromatic heterocycles. The first-order chi connectivity index (χ1) is 11.6. The number of hydrogen-bond donors (Lipinski definition) is 1. The highest BCUT2D eigenvalue weighted by Gasteiger charge is 2.23. The molecule has 1 N–H and O–H groups in total. The van der Waals surface area contributed by atoms with E-state index in [-0.39, 0.29) is 18.7 Å². The van der Waals surface area contributed by atoms with Gasteiger partial charge in [-0.3, -0.25) is 9.59 Å². The monoisotopic (exact) mass is 348 g/mol. The highest BCUT2D eigenvalue weighted by atomic mass is 32.1. The highest BCUT2D eigenvalue weighted by molar-refractivity contribution is 7.18. The molecule has 3 rings (SSSR count). The minimum atomic E-state index is -0.936. The van der Waals surface area contributed by atoms with Crippen LogP contribution in [0.1, 0.15) is 24.6 Å². The van der Waals surface area contributed by atoms with Gasteiger partial charge >= 0.3 is 5.97 Å². The van der Waals surface area contributed by atoms with Crippen molar-refractivity contribution in [2.24, 2.45) is 0 Å². The van der Waals surface area contributed by atoms with Gasteiger partial charge in [-0.1, -0.05) is 6.92 Å². The van der Waals surface area contributed by atoms with Gasteiger partial charge in [0.05, 0.1) is 11.8 Å². The summed E-state index contributed by atoms with van der Waals surface area (Å²) in [5.41, 5.74) is 0. The van der Waals surface area contributed by atoms with E-state index in [0.29, 0.717) is 26.2 Å². The van der Waals surface area contributed by atoms with Crippen LogP contribution in [0.15, 0.2) is 12.4 Å². The molecular formula is C16H20N4O3S. The van der Waals surface area contributed by atoms with Crippen LogP contribution >= 0.6 is 11.3 Å². The topological polar surface area (TPSA) is 86.6 Å². The molecule has 24 heavy (non-hydrogen) atoms. The van der Waals surface area contributed by atoms with Gasteiger partial charge < -0.3 is 14.9 Å². The van der Waals surface area contributed by atoms with E-state index in [0.717, 1.165) is 22.5 Å². The molecule has 1 fully saturated rings. The number of rotatable bonds is 5. The lowest BCUT2D eigenvalue weighted by Gasteiger charge is -2.35. The zero-order valence-corrected chi connectivity index (χ0v) is 14.4. The third-order valence-electron chi connectivity index (χ3n) is 4.19. The molecule has 2 aromatic rings. The summed E-state index contributed by atoms with van der Waals surface area (Å²) in [4.78, 5) is 37.6. The Morgan fingerprint density at radius 3 is 2.62 bits per heavy atom. The molecule has 3 heterocycles. The number of carbonyl (C=O) groups is 2. The summed E-state index contributed by atoms with van der Waals surface area (Å²) in [6.45, 7) is 4.70. The van der Waals surface area contributed by atoms with Gasteiger partial charge in [0.15, 0.2) is 0 Å². The van der Waals surface area contributed by atoms with Crippen LogP contribution in [0, 0.1) is 0 Å². The van der Waals surface area contributed by atoms with E-state index < -0.39 is 5.97 Å². The molecule has 0 aliphatic carbocycles. The second-order valence-corrected chi connectivity index (χ2v) is 6.86. The van der Waals surface area contributed by atoms with Crippen LogP contribution in [0.3, 0.4) is 0 Å². The third-order valence-corrected chi connectivity index (χ3v) is 5.38. The Balaban J connectivity index is 1.67. The largest absolute Gasteiger partial charge is 0.481 e. The molecule has 1 aliphatic rings. The molecule has 0 spiro atoms. The molecule has 0 unspecified atom stereocenters. The number of nitrogens with zero attached hydrogens (tertiary/aromatic N) is 4. The lowest BCUT2D eigenvalue weighted by molar-refractivity contribution is -0.141. The van der Waals surface area contributed by atoms with E-state index in [4.69, 9.17) is 5.11 Å². The number of carboxylic acid groups (broad SMARTS) is 1. The van der Waals surface area contributed by atoms with E-state index in [2.05, 4.69) is 27.9 Å². The Bertz CT molecular complexity index is 753. The van der Waals surface area contributed by atoms with E-state index in [9.17, 15) is 9.59 Å². The number of thiophene rings is 1. The van der Waals surface area contributed by atoms with Gasteiger partial charge in [-0.15, -0.1) is 11.3 Å². The molecule has 0 bridgehead atoms. The summed E-state index contributed by atoms with van der Waals surface area (Å²) in [5, 5.41) is 9.76. The second-order valence-electron chi connectivity index (χ2n) is 5.74. The van der Waals surface area contributed by atoms with Crippen molar-refractivity contribution in [2.75, 3.05) is 31.1 Å². The molecule has 0 radical (unpaired) electrons. The van der Waals surface area contributed by atoms with Crippen LogP contribution in [0.2, 0.25) is 0 Å². The van der Waals surface area contributed by atoms with Crippen molar-refractivity contribution in [2.45, 2.75) is 26.2 Å². The highest BCUT2D eigenvalue weighted by Crippen LogP contribution is 2.30. The molecule has 0 saturated carbocycles. The van der Waals surface area contributed by atoms with Crippen molar-refractivity contribution in [3.8, 4) is 0 Å². The number of fused-ring (bicyclic) bond motifs is 1. The summed E-state index contributed by atoms with van der Waals surface area (Å²) >= 11 is 1.69. The maximum absolute atomic E-state index is 12.0. The normalized spacial score (nSPS) is 15.0. The number of aromatic nitrogens is 2. The number of hydrogen-bond acceptors (Lipinski definition) is 6. The number of amides is 1. The molecule has 1 aliphatic heterocycles. The predicted octanol–water partition coefficient (Wildman–Crippen LogP) is 1.77. The minimum absolute atomic E-state index is 0.0669. The summed E-state index contributed by atoms with van der Waals surface area (Å²) in [7, 11) is 0. The lowest BCUT2D eigenvalue weighted by Crippen LogP contribution is -2.49. The Morgan fingerprint density at radius 1 is 1.21 bits per heavy atom. The number of carboxylic acids is 1. The Morgan fingerprint density at radius 2 is 1.96 bits per heavy atom. The Labute approximate surface area is 143 Å². The SMILES string of the molecule is CCc1cc2c(N3CCN(C(=O)CCC(=O)O)CC3)ncnc2s1. The second kappa shape index (κ2) is 7.12. The fourth-order valence-electron chi connectivity index (χ4n) is 2.86. The van der Waals surface area contributed by atoms with Gasteiger partial charge in [0.25, 0.3) is 0 Å². The molecule has 8 heteroatoms. The minimum Gasteiger partial charge on any atom is -0.481 e. The lowest BCUT2D eigenvalue weighted by atomic mass is 10.2. The molecule has 0 aromatic carbocycles. The van der Waals surface area contributed by atoms with Gasteiger partial charge in [0, 0.05) is 37.5 Å². The van der Waals surface area contributed by atoms with Crippen molar-refractivity contribution in [1.29, 1.82) is 0 Å². The molecule has 0 atom stereocenters. The summed E-state index contributed by atoms with van der Waals surface area (Å²) < 4.78 is 0. The zero-order valence-electron chi connectivity index (χ0n) is 13.6. The van der Waals surface area contributed by atoms with Gasteiger partial charge in [-0.25, -0.2) is 9.97 Å². The standard InChI is InChI=1S/C16H20N4O3S/c1-2-11-9-12-15(17-10-18-16(12)24-11)20-7-5-19(6-8-20)13(21)3-4-14(22)23/h9-10H,2-8H2,1H3,(H,22,23). The molecule has 128 valence electrons. The van der Waals surface area contributed by atoms with E-state index in [1.54, 1.807) is 22.6 Å². The van der Waals surface area contributed by atoms with Gasteiger partial charge in [-0.05, 0) is 12.5 Å². The number of aliphatic carboxylic acids is 1. The first-order valence-electron chi connectivity index (χ1n) is 8.06. The van der Waals surface area contributed by atoms with Crippen LogP contribution in [-0.4, -0.2) is 58.0 Å². The number of aryl methyl sites for hydroxylation is 1. The maximum Gasteiger partial charge on any atom is 0.303 e. The third kappa shape index (κ3) is 3.48. The average Bonchev–Trinajstić information content (AvgIpc) is 3.03. The first kappa shape index (κ1) is 16.6. The van der Waals surface area contributed by atoms with Crippen molar-refractivity contribution < 1.29 is 14.7 Å². The van der Waals surface area contributed by atoms with Crippen LogP contribution in [0.5, 0.6) is 0 Å². The summed E-state index contributed by atoms with van der Waals surface area (Å²) in [5.74, 6) is -0.100. The van der Waals surface area contributed by atoms with Crippen molar-refractivity contribution in [1.82, 2.24) is 14.9 Å². The number of piperazine rings is 1. The smallest absolute Gasteiger partial charge is 0.303 e. The zero-order chi connectivity index (χ0) is 17.1. The molecular weight excluding hydrogens is 328 g/mol. The maximum atomic E-state index is 12.0. The molecule has 1 saturated heterocycles. The quantitative estimate of drug-likeness (QED) is 0.886.